The van der Waals surface area contributed by atoms with Gasteiger partial charge in [0.25, 0.3) is 0 Å². The monoisotopic (exact) mass is 297 g/mol. The molecule has 0 saturated carbocycles. The second-order valence-electron chi connectivity index (χ2n) is 6.06. The van der Waals surface area contributed by atoms with Crippen molar-refractivity contribution >= 4 is 0 Å². The fourth-order valence-corrected chi connectivity index (χ4v) is 2.86. The van der Waals surface area contributed by atoms with E-state index in [0.29, 0.717) is 44.0 Å². The summed E-state index contributed by atoms with van der Waals surface area (Å²) >= 11 is 0. The van der Waals surface area contributed by atoms with Gasteiger partial charge in [-0.15, -0.1) is 0 Å². The molecule has 6 nitrogen and oxygen atoms in total. The molecular formula is C15H27N3O3. The van der Waals surface area contributed by atoms with Crippen molar-refractivity contribution in [2.75, 3.05) is 26.4 Å². The Hall–Kier alpha value is -0.980. The van der Waals surface area contributed by atoms with E-state index in [1.165, 1.54) is 0 Å². The number of rotatable bonds is 7. The molecule has 1 aromatic heterocycles. The van der Waals surface area contributed by atoms with Gasteiger partial charge in [-0.2, -0.15) is 4.98 Å². The maximum Gasteiger partial charge on any atom is 0.231 e. The van der Waals surface area contributed by atoms with E-state index in [4.69, 9.17) is 19.7 Å². The minimum absolute atomic E-state index is 0.116. The fourth-order valence-electron chi connectivity index (χ4n) is 2.86. The highest BCUT2D eigenvalue weighted by Crippen LogP contribution is 2.35. The molecule has 2 rings (SSSR count). The number of nitrogens with zero attached hydrogens (tertiary/aromatic N) is 2. The molecule has 1 saturated heterocycles. The topological polar surface area (TPSA) is 83.4 Å². The van der Waals surface area contributed by atoms with Crippen LogP contribution in [0.5, 0.6) is 0 Å². The van der Waals surface area contributed by atoms with Crippen molar-refractivity contribution in [3.63, 3.8) is 0 Å². The third-order valence-electron chi connectivity index (χ3n) is 3.96. The molecule has 0 aliphatic carbocycles. The fraction of sp³-hybridized carbons (Fsp3) is 0.867. The van der Waals surface area contributed by atoms with Crippen LogP contribution >= 0.6 is 0 Å². The Morgan fingerprint density at radius 2 is 2.05 bits per heavy atom. The average molecular weight is 297 g/mol. The van der Waals surface area contributed by atoms with Gasteiger partial charge in [-0.25, -0.2) is 0 Å². The Bertz CT molecular complexity index is 422. The highest BCUT2D eigenvalue weighted by Gasteiger charge is 2.40. The second-order valence-corrected chi connectivity index (χ2v) is 6.06. The van der Waals surface area contributed by atoms with Crippen molar-refractivity contribution in [3.05, 3.63) is 11.7 Å². The lowest BCUT2D eigenvalue weighted by atomic mass is 9.93. The number of hydrogen-bond acceptors (Lipinski definition) is 6. The van der Waals surface area contributed by atoms with Gasteiger partial charge in [-0.3, -0.25) is 0 Å². The normalized spacial score (nSPS) is 19.9. The zero-order valence-electron chi connectivity index (χ0n) is 13.3. The van der Waals surface area contributed by atoms with Crippen LogP contribution in [0.1, 0.15) is 57.7 Å². The first kappa shape index (κ1) is 16.4. The molecule has 1 aliphatic heterocycles. The molecular weight excluding hydrogens is 270 g/mol. The third-order valence-corrected chi connectivity index (χ3v) is 3.96. The van der Waals surface area contributed by atoms with Gasteiger partial charge in [0.05, 0.1) is 5.92 Å². The molecule has 21 heavy (non-hydrogen) atoms. The molecule has 0 bridgehead atoms. The lowest BCUT2D eigenvalue weighted by Gasteiger charge is -2.33. The van der Waals surface area contributed by atoms with Crippen LogP contribution in [0.3, 0.4) is 0 Å². The summed E-state index contributed by atoms with van der Waals surface area (Å²) in [6, 6.07) is 0. The van der Waals surface area contributed by atoms with Gasteiger partial charge >= 0.3 is 0 Å². The van der Waals surface area contributed by atoms with Crippen LogP contribution in [0, 0.1) is 5.92 Å². The molecule has 1 unspecified atom stereocenters. The maximum absolute atomic E-state index is 5.97. The van der Waals surface area contributed by atoms with Crippen molar-refractivity contribution < 1.29 is 14.0 Å². The zero-order valence-corrected chi connectivity index (χ0v) is 13.3. The van der Waals surface area contributed by atoms with E-state index in [1.807, 2.05) is 6.92 Å². The summed E-state index contributed by atoms with van der Waals surface area (Å²) < 4.78 is 16.9. The van der Waals surface area contributed by atoms with Crippen molar-refractivity contribution in [2.45, 2.75) is 51.6 Å². The summed E-state index contributed by atoms with van der Waals surface area (Å²) in [6.07, 6.45) is 2.47. The molecule has 0 amide bonds. The smallest absolute Gasteiger partial charge is 0.231 e. The lowest BCUT2D eigenvalue weighted by Crippen LogP contribution is -2.37. The number of ether oxygens (including phenoxy) is 2. The molecule has 2 N–H and O–H groups in total. The summed E-state index contributed by atoms with van der Waals surface area (Å²) in [5.74, 6) is 1.93. The van der Waals surface area contributed by atoms with Crippen LogP contribution in [0.25, 0.3) is 0 Å². The van der Waals surface area contributed by atoms with E-state index in [2.05, 4.69) is 24.0 Å². The van der Waals surface area contributed by atoms with Gasteiger partial charge in [0, 0.05) is 39.2 Å². The largest absolute Gasteiger partial charge is 0.381 e. The third kappa shape index (κ3) is 3.81. The van der Waals surface area contributed by atoms with Crippen LogP contribution in [0.2, 0.25) is 0 Å². The molecule has 0 radical (unpaired) electrons. The standard InChI is InChI=1S/C15H27N3O3/c1-4-20-15(5-7-19-8-6-15)14-17-13(21-18-14)12(10-16)9-11(2)3/h11-12H,4-10,16H2,1-3H3. The van der Waals surface area contributed by atoms with Crippen molar-refractivity contribution in [1.29, 1.82) is 0 Å². The predicted octanol–water partition coefficient (Wildman–Crippen LogP) is 2.20. The van der Waals surface area contributed by atoms with Crippen molar-refractivity contribution in [1.82, 2.24) is 10.1 Å². The van der Waals surface area contributed by atoms with E-state index in [-0.39, 0.29) is 5.92 Å². The highest BCUT2D eigenvalue weighted by atomic mass is 16.5. The summed E-state index contributed by atoms with van der Waals surface area (Å²) in [6.45, 7) is 8.78. The van der Waals surface area contributed by atoms with Crippen LogP contribution in [-0.4, -0.2) is 36.5 Å². The van der Waals surface area contributed by atoms with E-state index in [1.54, 1.807) is 0 Å². The first-order valence-corrected chi connectivity index (χ1v) is 7.87. The molecule has 1 atom stereocenters. The van der Waals surface area contributed by atoms with Crippen LogP contribution in [-0.2, 0) is 15.1 Å². The van der Waals surface area contributed by atoms with E-state index >= 15 is 0 Å². The zero-order chi connectivity index (χ0) is 15.3. The molecule has 1 fully saturated rings. The molecule has 1 aliphatic rings. The Morgan fingerprint density at radius 1 is 1.33 bits per heavy atom. The second kappa shape index (κ2) is 7.33. The van der Waals surface area contributed by atoms with Crippen LogP contribution in [0.15, 0.2) is 4.52 Å². The first-order valence-electron chi connectivity index (χ1n) is 7.87. The molecule has 120 valence electrons. The Morgan fingerprint density at radius 3 is 2.62 bits per heavy atom. The highest BCUT2D eigenvalue weighted by molar-refractivity contribution is 5.05. The van der Waals surface area contributed by atoms with E-state index in [0.717, 1.165) is 19.3 Å². The van der Waals surface area contributed by atoms with Crippen LogP contribution < -0.4 is 5.73 Å². The van der Waals surface area contributed by atoms with E-state index < -0.39 is 5.60 Å². The molecule has 1 aromatic rings. The van der Waals surface area contributed by atoms with Gasteiger partial charge in [0.15, 0.2) is 0 Å². The summed E-state index contributed by atoms with van der Waals surface area (Å²) in [5.41, 5.74) is 5.39. The Balaban J connectivity index is 2.19. The van der Waals surface area contributed by atoms with Gasteiger partial charge in [-0.1, -0.05) is 19.0 Å². The number of nitrogens with two attached hydrogens (primary N) is 1. The van der Waals surface area contributed by atoms with Crippen molar-refractivity contribution in [2.24, 2.45) is 11.7 Å². The maximum atomic E-state index is 5.97. The molecule has 2 heterocycles. The van der Waals surface area contributed by atoms with Gasteiger partial charge < -0.3 is 19.7 Å². The summed E-state index contributed by atoms with van der Waals surface area (Å²) in [4.78, 5) is 4.61. The summed E-state index contributed by atoms with van der Waals surface area (Å²) in [5, 5.41) is 4.18. The predicted molar refractivity (Wildman–Crippen MR) is 78.9 cm³/mol. The van der Waals surface area contributed by atoms with Crippen molar-refractivity contribution in [3.8, 4) is 0 Å². The van der Waals surface area contributed by atoms with Gasteiger partial charge in [-0.05, 0) is 19.3 Å². The summed E-state index contributed by atoms with van der Waals surface area (Å²) in [7, 11) is 0. The van der Waals surface area contributed by atoms with Crippen LogP contribution in [0.4, 0.5) is 0 Å². The average Bonchev–Trinajstić information content (AvgIpc) is 2.96. The minimum atomic E-state index is -0.467. The van der Waals surface area contributed by atoms with Gasteiger partial charge in [0.1, 0.15) is 5.60 Å². The number of hydrogen-bond donors (Lipinski definition) is 1. The first-order chi connectivity index (χ1) is 10.1. The van der Waals surface area contributed by atoms with E-state index in [9.17, 15) is 0 Å². The minimum Gasteiger partial charge on any atom is -0.381 e. The molecule has 6 heteroatoms. The van der Waals surface area contributed by atoms with Gasteiger partial charge in [0.2, 0.25) is 11.7 Å². The molecule has 0 spiro atoms. The number of aromatic nitrogens is 2. The quantitative estimate of drug-likeness (QED) is 0.830. The Labute approximate surface area is 126 Å². The SMILES string of the molecule is CCOC1(c2noc(C(CN)CC(C)C)n2)CCOCC1. The lowest BCUT2D eigenvalue weighted by molar-refractivity contribution is -0.118. The Kier molecular flexibility index (Phi) is 5.72. The molecule has 0 aromatic carbocycles.